The van der Waals surface area contributed by atoms with Crippen LogP contribution in [0.25, 0.3) is 0 Å². The molecule has 0 unspecified atom stereocenters. The van der Waals surface area contributed by atoms with E-state index in [1.54, 1.807) is 41.8 Å². The van der Waals surface area contributed by atoms with E-state index in [1.807, 2.05) is 204 Å². The minimum absolute atomic E-state index is 0.838. The molecule has 8 aromatic rings. The maximum absolute atomic E-state index is 4.17. The number of nitrogens with zero attached hydrogens (tertiary/aromatic N) is 13. The highest BCUT2D eigenvalue weighted by Gasteiger charge is 2.06. The van der Waals surface area contributed by atoms with E-state index in [4.69, 9.17) is 0 Å². The lowest BCUT2D eigenvalue weighted by Crippen LogP contribution is -1.88. The number of aryl methyl sites for hydroxylation is 13. The van der Waals surface area contributed by atoms with Crippen LogP contribution in [0.2, 0.25) is 0 Å². The van der Waals surface area contributed by atoms with Crippen molar-refractivity contribution in [1.82, 2.24) is 54.7 Å². The Morgan fingerprint density at radius 3 is 1.06 bits per heavy atom. The van der Waals surface area contributed by atoms with Crippen LogP contribution < -0.4 is 0 Å². The van der Waals surface area contributed by atoms with Gasteiger partial charge in [-0.25, -0.2) is 15.0 Å². The topological polar surface area (TPSA) is 167 Å². The van der Waals surface area contributed by atoms with Gasteiger partial charge in [0.25, 0.3) is 0 Å². The lowest BCUT2D eigenvalue weighted by atomic mass is 10.0. The van der Waals surface area contributed by atoms with Gasteiger partial charge in [-0.2, -0.15) is 14.6 Å². The first-order valence-corrected chi connectivity index (χ1v) is 38.6. The van der Waals surface area contributed by atoms with Gasteiger partial charge in [0, 0.05) is 77.8 Å². The number of aromatic nitrogens is 11. The molecular formula is C90H137N13S2. The quantitative estimate of drug-likeness (QED) is 0.142. The maximum Gasteiger partial charge on any atom is 0.129 e. The van der Waals surface area contributed by atoms with E-state index in [1.165, 1.54) is 126 Å². The Labute approximate surface area is 648 Å². The molecule has 5 aliphatic rings. The van der Waals surface area contributed by atoms with Crippen LogP contribution in [0.4, 0.5) is 0 Å². The largest absolute Gasteiger partial charge is 0.289 e. The third-order valence-electron chi connectivity index (χ3n) is 16.1. The van der Waals surface area contributed by atoms with E-state index in [9.17, 15) is 0 Å². The fraction of sp³-hybridized carbons (Fsp3) is 0.433. The molecule has 2 aliphatic heterocycles. The summed E-state index contributed by atoms with van der Waals surface area (Å²) in [4.78, 5) is 32.0. The summed E-state index contributed by atoms with van der Waals surface area (Å²) in [6, 6.07) is 22.0. The minimum atomic E-state index is 0.838. The van der Waals surface area contributed by atoms with Gasteiger partial charge in [0.05, 0.1) is 12.2 Å². The van der Waals surface area contributed by atoms with Crippen molar-refractivity contribution < 1.29 is 0 Å². The Kier molecular flexibility index (Phi) is 63.3. The van der Waals surface area contributed by atoms with Crippen molar-refractivity contribution in [1.29, 1.82) is 0 Å². The van der Waals surface area contributed by atoms with Gasteiger partial charge in [0.15, 0.2) is 0 Å². The Hall–Kier alpha value is -8.79. The second kappa shape index (κ2) is 64.8. The SMILES string of the molecule is C1=CCN=C1.CC.CC.CC.CC.CC1=CCC(C)=C1C.CC1=CCC(C)=C1C.CC1=CCC(C)=C1C.CC1=NC=CC1.Cc1ccc(C)c(C)c1C.Cc1cccc(C)n1.Cc1cccnc1C.Cc1cccnn1.Cc1ccnc(C)c1C.Cc1ccnc(C)n1.Cc1ncns1.Cc1nncs1. The van der Waals surface area contributed by atoms with Gasteiger partial charge >= 0.3 is 0 Å². The third-order valence-corrected chi connectivity index (χ3v) is 17.3. The molecule has 1 aromatic carbocycles. The summed E-state index contributed by atoms with van der Waals surface area (Å²) < 4.78 is 3.75. The fourth-order valence-corrected chi connectivity index (χ4v) is 8.80. The van der Waals surface area contributed by atoms with E-state index in [0.717, 1.165) is 63.0 Å². The number of aliphatic imine (C=N–C) groups is 2. The summed E-state index contributed by atoms with van der Waals surface area (Å²) >= 11 is 2.97. The average Bonchev–Trinajstić information content (AvgIpc) is 1.89. The summed E-state index contributed by atoms with van der Waals surface area (Å²) in [6.07, 6.45) is 29.7. The standard InChI is InChI=1S/C10H14.C8H11N.3C8H12.2C7H9N.C6H8N2.C5H6N2.C5H7N.C4H5N.2C3H4N2S.4C2H6/c1-7-5-6-8(2)10(4)9(7)3;1-6-4-5-9-8(3)7(6)2;3*1-6-4-5-7(2)8(6)3;1-6-4-3-5-8-7(6)2;1-6-4-3-5-7(2)8-6;1-5-3-4-7-6(2)8-5;1-5-3-2-4-6-7-5;1-5-3-2-4-6-5;1-2-4-5-3-1;1-3-5-4-2-6-3;1-3-4-2-5-6-3;4*1-2/h5-6H,1-4H3;4-5H,1-3H3;3*4H,5H2,1-3H3;2*3-5H,1-2H3;3-4H,1-2H3;2-4H,1H3;2,4H,3H2,1H3;1-3H,4H2;2*2H,1H3;4*1-2H3. The molecule has 0 N–H and O–H groups in total. The highest BCUT2D eigenvalue weighted by atomic mass is 32.1. The first-order chi connectivity index (χ1) is 49.9. The maximum atomic E-state index is 4.17. The molecule has 13 nitrogen and oxygen atoms in total. The lowest BCUT2D eigenvalue weighted by Gasteiger charge is -2.06. The van der Waals surface area contributed by atoms with Crippen LogP contribution in [-0.4, -0.2) is 73.1 Å². The molecule has 3 aliphatic carbocycles. The lowest BCUT2D eigenvalue weighted by molar-refractivity contribution is 0.980. The van der Waals surface area contributed by atoms with Crippen molar-refractivity contribution in [3.8, 4) is 0 Å². The highest BCUT2D eigenvalue weighted by Crippen LogP contribution is 2.26. The van der Waals surface area contributed by atoms with Crippen molar-refractivity contribution >= 4 is 34.8 Å². The molecular weight excluding hydrogens is 1330 g/mol. The highest BCUT2D eigenvalue weighted by molar-refractivity contribution is 7.09. The number of allylic oxidation sites excluding steroid dienone is 14. The van der Waals surface area contributed by atoms with Gasteiger partial charge in [0.1, 0.15) is 27.7 Å². The van der Waals surface area contributed by atoms with E-state index in [0.29, 0.717) is 0 Å². The minimum Gasteiger partial charge on any atom is -0.289 e. The molecule has 0 fully saturated rings. The Balaban J connectivity index is -0.000000523. The summed E-state index contributed by atoms with van der Waals surface area (Å²) in [5.74, 6) is 0.838. The average molecular weight is 1470 g/mol. The van der Waals surface area contributed by atoms with Crippen LogP contribution in [0.15, 0.2) is 206 Å². The van der Waals surface area contributed by atoms with Crippen molar-refractivity contribution in [2.24, 2.45) is 9.98 Å². The number of hydrogen-bond donors (Lipinski definition) is 0. The zero-order valence-electron chi connectivity index (χ0n) is 71.6. The fourth-order valence-electron chi connectivity index (χ4n) is 8.12. The third kappa shape index (κ3) is 51.9. The van der Waals surface area contributed by atoms with Gasteiger partial charge in [-0.15, -0.1) is 21.5 Å². The van der Waals surface area contributed by atoms with Crippen LogP contribution in [-0.2, 0) is 0 Å². The van der Waals surface area contributed by atoms with Crippen LogP contribution in [0.3, 0.4) is 0 Å². The molecule has 0 radical (unpaired) electrons. The van der Waals surface area contributed by atoms with Crippen molar-refractivity contribution in [2.75, 3.05) is 6.54 Å². The Bertz CT molecular complexity index is 3600. The van der Waals surface area contributed by atoms with Gasteiger partial charge in [-0.3, -0.25) is 24.9 Å². The summed E-state index contributed by atoms with van der Waals surface area (Å²) in [5, 5.41) is 16.7. The van der Waals surface area contributed by atoms with Gasteiger partial charge in [-0.1, -0.05) is 143 Å². The van der Waals surface area contributed by atoms with Crippen LogP contribution in [0.5, 0.6) is 0 Å². The molecule has 574 valence electrons. The van der Waals surface area contributed by atoms with E-state index in [2.05, 4.69) is 218 Å². The summed E-state index contributed by atoms with van der Waals surface area (Å²) in [5.41, 5.74) is 32.3. The molecule has 0 spiro atoms. The van der Waals surface area contributed by atoms with Crippen LogP contribution in [0, 0.1) is 111 Å². The zero-order chi connectivity index (χ0) is 80.8. The predicted octanol–water partition coefficient (Wildman–Crippen LogP) is 26.0. The predicted molar refractivity (Wildman–Crippen MR) is 464 cm³/mol. The monoisotopic (exact) mass is 1460 g/mol. The zero-order valence-corrected chi connectivity index (χ0v) is 73.2. The molecule has 7 aromatic heterocycles. The van der Waals surface area contributed by atoms with Crippen LogP contribution >= 0.6 is 22.9 Å². The van der Waals surface area contributed by atoms with Gasteiger partial charge < -0.3 is 0 Å². The first-order valence-electron chi connectivity index (χ1n) is 37.0. The number of hydrogen-bond acceptors (Lipinski definition) is 15. The van der Waals surface area contributed by atoms with Crippen molar-refractivity contribution in [3.05, 3.63) is 285 Å². The summed E-state index contributed by atoms with van der Waals surface area (Å²) in [7, 11) is 0. The van der Waals surface area contributed by atoms with Gasteiger partial charge in [-0.05, 0) is 315 Å². The molecule has 0 saturated carbocycles. The van der Waals surface area contributed by atoms with Crippen molar-refractivity contribution in [2.45, 2.75) is 261 Å². The number of rotatable bonds is 0. The normalized spacial score (nSPS) is 12.1. The molecule has 0 bridgehead atoms. The smallest absolute Gasteiger partial charge is 0.129 e. The second-order valence-electron chi connectivity index (χ2n) is 24.0. The van der Waals surface area contributed by atoms with Crippen LogP contribution in [0.1, 0.15) is 239 Å². The molecule has 0 amide bonds. The molecule has 15 heteroatoms. The second-order valence-corrected chi connectivity index (χ2v) is 26.0. The molecule has 0 atom stereocenters. The first kappa shape index (κ1) is 103. The molecule has 13 rings (SSSR count). The number of pyridine rings is 3. The Morgan fingerprint density at radius 1 is 0.371 bits per heavy atom. The molecule has 105 heavy (non-hydrogen) atoms. The Morgan fingerprint density at radius 2 is 0.848 bits per heavy atom. The van der Waals surface area contributed by atoms with E-state index in [-0.39, 0.29) is 0 Å². The number of benzene rings is 1. The van der Waals surface area contributed by atoms with E-state index < -0.39 is 0 Å². The van der Waals surface area contributed by atoms with Crippen molar-refractivity contribution in [3.63, 3.8) is 0 Å². The summed E-state index contributed by atoms with van der Waals surface area (Å²) in [6.45, 7) is 71.1. The van der Waals surface area contributed by atoms with E-state index >= 15 is 0 Å². The van der Waals surface area contributed by atoms with Gasteiger partial charge in [0.2, 0.25) is 0 Å². The molecule has 9 heterocycles. The molecule has 0 saturated heterocycles.